The number of morpholine rings is 1. The van der Waals surface area contributed by atoms with E-state index in [1.165, 1.54) is 0 Å². The lowest BCUT2D eigenvalue weighted by Crippen LogP contribution is -2.36. The van der Waals surface area contributed by atoms with E-state index in [1.807, 2.05) is 36.4 Å². The van der Waals surface area contributed by atoms with Crippen molar-refractivity contribution in [1.29, 1.82) is 0 Å². The highest BCUT2D eigenvalue weighted by Gasteiger charge is 2.11. The number of benzene rings is 1. The second kappa shape index (κ2) is 7.62. The Labute approximate surface area is 141 Å². The monoisotopic (exact) mass is 321 g/mol. The molecule has 1 amide bonds. The minimum absolute atomic E-state index is 0.251. The summed E-state index contributed by atoms with van der Waals surface area (Å²) in [5, 5.41) is 0. The van der Waals surface area contributed by atoms with E-state index in [0.29, 0.717) is 0 Å². The molecule has 0 aliphatic carbocycles. The number of hydrogen-bond donors (Lipinski definition) is 1. The van der Waals surface area contributed by atoms with Crippen LogP contribution < -0.4 is 10.6 Å². The zero-order chi connectivity index (χ0) is 16.8. The first-order valence-corrected chi connectivity index (χ1v) is 7.89. The van der Waals surface area contributed by atoms with Gasteiger partial charge in [-0.15, -0.1) is 0 Å². The molecule has 0 atom stereocenters. The average Bonchev–Trinajstić information content (AvgIpc) is 2.62. The van der Waals surface area contributed by atoms with E-state index in [1.54, 1.807) is 6.20 Å². The molecule has 0 spiro atoms. The number of nitrogens with two attached hydrogens (primary N) is 1. The highest BCUT2D eigenvalue weighted by atomic mass is 16.5. The molecule has 2 heterocycles. The summed E-state index contributed by atoms with van der Waals surface area (Å²) in [6, 6.07) is 11.5. The Kier molecular flexibility index (Phi) is 5.09. The average molecular weight is 321 g/mol. The van der Waals surface area contributed by atoms with Gasteiger partial charge in [0.2, 0.25) is 5.91 Å². The van der Waals surface area contributed by atoms with Crippen LogP contribution in [-0.2, 0) is 16.0 Å². The first-order valence-electron chi connectivity index (χ1n) is 7.89. The molecule has 5 heteroatoms. The van der Waals surface area contributed by atoms with Crippen molar-refractivity contribution < 1.29 is 9.53 Å². The summed E-state index contributed by atoms with van der Waals surface area (Å²) in [4.78, 5) is 17.6. The van der Waals surface area contributed by atoms with Crippen LogP contribution in [0.25, 0.3) is 0 Å². The smallest absolute Gasteiger partial charge is 0.221 e. The molecule has 0 saturated carbocycles. The lowest BCUT2D eigenvalue weighted by atomic mass is 10.1. The fraction of sp³-hybridized carbons (Fsp3) is 0.263. The number of aromatic nitrogens is 1. The van der Waals surface area contributed by atoms with Gasteiger partial charge in [0.05, 0.1) is 19.6 Å². The summed E-state index contributed by atoms with van der Waals surface area (Å²) in [5.41, 5.74) is 7.83. The van der Waals surface area contributed by atoms with Gasteiger partial charge < -0.3 is 15.4 Å². The predicted octanol–water partition coefficient (Wildman–Crippen LogP) is 1.35. The van der Waals surface area contributed by atoms with Gasteiger partial charge >= 0.3 is 0 Å². The molecule has 122 valence electrons. The van der Waals surface area contributed by atoms with Crippen molar-refractivity contribution in [3.8, 4) is 11.8 Å². The quantitative estimate of drug-likeness (QED) is 0.867. The van der Waals surface area contributed by atoms with Gasteiger partial charge in [0.15, 0.2) is 0 Å². The van der Waals surface area contributed by atoms with Crippen molar-refractivity contribution >= 4 is 11.7 Å². The lowest BCUT2D eigenvalue weighted by molar-refractivity contribution is -0.117. The molecular weight excluding hydrogens is 302 g/mol. The van der Waals surface area contributed by atoms with Gasteiger partial charge in [0.25, 0.3) is 0 Å². The number of primary amides is 1. The van der Waals surface area contributed by atoms with Crippen LogP contribution in [0.2, 0.25) is 0 Å². The van der Waals surface area contributed by atoms with Crippen LogP contribution >= 0.6 is 0 Å². The molecule has 24 heavy (non-hydrogen) atoms. The lowest BCUT2D eigenvalue weighted by Gasteiger charge is -2.27. The Morgan fingerprint density at radius 3 is 2.38 bits per heavy atom. The zero-order valence-corrected chi connectivity index (χ0v) is 13.4. The van der Waals surface area contributed by atoms with Crippen molar-refractivity contribution in [2.75, 3.05) is 31.2 Å². The van der Waals surface area contributed by atoms with Gasteiger partial charge in [0.1, 0.15) is 5.82 Å². The fourth-order valence-electron chi connectivity index (χ4n) is 2.49. The van der Waals surface area contributed by atoms with E-state index in [-0.39, 0.29) is 12.3 Å². The standard InChI is InChI=1S/C19H19N3O2/c20-18(23)13-16-4-1-15(2-5-16)3-6-17-7-8-19(21-14-17)22-9-11-24-12-10-22/h1-2,4-5,7-8,14H,9-13H2,(H2,20,23). The molecule has 0 bridgehead atoms. The van der Waals surface area contributed by atoms with E-state index in [0.717, 1.165) is 48.8 Å². The molecule has 5 nitrogen and oxygen atoms in total. The molecule has 1 fully saturated rings. The molecule has 2 aromatic rings. The molecule has 1 aromatic carbocycles. The van der Waals surface area contributed by atoms with E-state index in [4.69, 9.17) is 10.5 Å². The molecular formula is C19H19N3O2. The maximum atomic E-state index is 10.9. The summed E-state index contributed by atoms with van der Waals surface area (Å²) >= 11 is 0. The minimum Gasteiger partial charge on any atom is -0.378 e. The van der Waals surface area contributed by atoms with Gasteiger partial charge in [0, 0.05) is 30.4 Å². The Morgan fingerprint density at radius 1 is 1.08 bits per heavy atom. The minimum atomic E-state index is -0.333. The van der Waals surface area contributed by atoms with Crippen LogP contribution in [0.15, 0.2) is 42.6 Å². The fourth-order valence-corrected chi connectivity index (χ4v) is 2.49. The van der Waals surface area contributed by atoms with E-state index < -0.39 is 0 Å². The van der Waals surface area contributed by atoms with Gasteiger partial charge in [-0.1, -0.05) is 24.0 Å². The number of anilines is 1. The number of hydrogen-bond acceptors (Lipinski definition) is 4. The van der Waals surface area contributed by atoms with E-state index in [9.17, 15) is 4.79 Å². The van der Waals surface area contributed by atoms with Crippen molar-refractivity contribution in [3.63, 3.8) is 0 Å². The second-order valence-electron chi connectivity index (χ2n) is 5.59. The van der Waals surface area contributed by atoms with E-state index in [2.05, 4.69) is 21.7 Å². The zero-order valence-electron chi connectivity index (χ0n) is 13.4. The maximum absolute atomic E-state index is 10.9. The van der Waals surface area contributed by atoms with E-state index >= 15 is 0 Å². The topological polar surface area (TPSA) is 68.5 Å². The highest BCUT2D eigenvalue weighted by molar-refractivity contribution is 5.76. The number of amides is 1. The van der Waals surface area contributed by atoms with Gasteiger partial charge in [-0.25, -0.2) is 4.98 Å². The second-order valence-corrected chi connectivity index (χ2v) is 5.59. The van der Waals surface area contributed by atoms with Gasteiger partial charge in [-0.3, -0.25) is 4.79 Å². The molecule has 2 N–H and O–H groups in total. The maximum Gasteiger partial charge on any atom is 0.221 e. The Balaban J connectivity index is 1.65. The van der Waals surface area contributed by atoms with Crippen LogP contribution in [-0.4, -0.2) is 37.2 Å². The van der Waals surface area contributed by atoms with Gasteiger partial charge in [-0.2, -0.15) is 0 Å². The van der Waals surface area contributed by atoms with Crippen molar-refractivity contribution in [2.45, 2.75) is 6.42 Å². The molecule has 0 unspecified atom stereocenters. The molecule has 1 aromatic heterocycles. The molecule has 3 rings (SSSR count). The van der Waals surface area contributed by atoms with Crippen LogP contribution in [0.1, 0.15) is 16.7 Å². The highest BCUT2D eigenvalue weighted by Crippen LogP contribution is 2.12. The summed E-state index contributed by atoms with van der Waals surface area (Å²) < 4.78 is 5.34. The van der Waals surface area contributed by atoms with Gasteiger partial charge in [-0.05, 0) is 29.8 Å². The Morgan fingerprint density at radius 2 is 1.75 bits per heavy atom. The molecule has 1 aliphatic heterocycles. The summed E-state index contributed by atoms with van der Waals surface area (Å²) in [5.74, 6) is 6.83. The number of nitrogens with zero attached hydrogens (tertiary/aromatic N) is 2. The third-order valence-corrected chi connectivity index (χ3v) is 3.77. The number of rotatable bonds is 3. The normalized spacial score (nSPS) is 13.9. The summed E-state index contributed by atoms with van der Waals surface area (Å²) in [6.07, 6.45) is 2.04. The van der Waals surface area contributed by atoms with Crippen molar-refractivity contribution in [3.05, 3.63) is 59.3 Å². The third kappa shape index (κ3) is 4.34. The number of pyridine rings is 1. The number of carbonyl (C=O) groups is 1. The van der Waals surface area contributed by atoms with Crippen LogP contribution in [0.4, 0.5) is 5.82 Å². The van der Waals surface area contributed by atoms with Crippen LogP contribution in [0.5, 0.6) is 0 Å². The Hall–Kier alpha value is -2.84. The van der Waals surface area contributed by atoms with Crippen LogP contribution in [0.3, 0.4) is 0 Å². The third-order valence-electron chi connectivity index (χ3n) is 3.77. The first kappa shape index (κ1) is 16.0. The van der Waals surface area contributed by atoms with Crippen molar-refractivity contribution in [2.24, 2.45) is 5.73 Å². The molecule has 1 saturated heterocycles. The summed E-state index contributed by atoms with van der Waals surface area (Å²) in [6.45, 7) is 3.23. The number of carbonyl (C=O) groups excluding carboxylic acids is 1. The first-order chi connectivity index (χ1) is 11.7. The Bertz CT molecular complexity index is 752. The largest absolute Gasteiger partial charge is 0.378 e. The predicted molar refractivity (Wildman–Crippen MR) is 92.6 cm³/mol. The molecule has 0 radical (unpaired) electrons. The number of ether oxygens (including phenoxy) is 1. The summed E-state index contributed by atoms with van der Waals surface area (Å²) in [7, 11) is 0. The van der Waals surface area contributed by atoms with Crippen molar-refractivity contribution in [1.82, 2.24) is 4.98 Å². The molecule has 1 aliphatic rings. The SMILES string of the molecule is NC(=O)Cc1ccc(C#Cc2ccc(N3CCOCC3)nc2)cc1. The van der Waals surface area contributed by atoms with Crippen LogP contribution in [0, 0.1) is 11.8 Å².